The summed E-state index contributed by atoms with van der Waals surface area (Å²) in [5, 5.41) is 3.77. The second-order valence-electron chi connectivity index (χ2n) is 5.45. The number of rotatable bonds is 9. The van der Waals surface area contributed by atoms with Crippen molar-refractivity contribution < 1.29 is 4.74 Å². The molecule has 0 aromatic carbocycles. The van der Waals surface area contributed by atoms with Crippen LogP contribution >= 0.6 is 0 Å². The minimum atomic E-state index is 0.838. The van der Waals surface area contributed by atoms with Crippen molar-refractivity contribution in [1.29, 1.82) is 0 Å². The Hall–Kier alpha value is -0.120. The Morgan fingerprint density at radius 1 is 1.19 bits per heavy atom. The number of methoxy groups -OCH3 is 1. The molecule has 0 aliphatic heterocycles. The summed E-state index contributed by atoms with van der Waals surface area (Å²) in [6.45, 7) is 4.15. The molecule has 0 amide bonds. The molecule has 3 heteroatoms. The van der Waals surface area contributed by atoms with E-state index in [0.717, 1.165) is 44.1 Å². The average Bonchev–Trinajstić information content (AvgIpc) is 3.14. The van der Waals surface area contributed by atoms with Gasteiger partial charge in [0.25, 0.3) is 0 Å². The highest BCUT2D eigenvalue weighted by atomic mass is 16.5. The van der Waals surface area contributed by atoms with Crippen LogP contribution in [0.15, 0.2) is 0 Å². The molecular weight excluding hydrogens is 200 g/mol. The Balaban J connectivity index is 1.55. The molecular formula is C13H26N2O. The van der Waals surface area contributed by atoms with Gasteiger partial charge in [0.05, 0.1) is 6.61 Å². The molecule has 0 saturated heterocycles. The first-order valence-electron chi connectivity index (χ1n) is 6.72. The summed E-state index contributed by atoms with van der Waals surface area (Å²) in [5.74, 6) is 2.02. The van der Waals surface area contributed by atoms with Crippen LogP contribution in [0.4, 0.5) is 0 Å². The second kappa shape index (κ2) is 5.99. The van der Waals surface area contributed by atoms with Gasteiger partial charge in [-0.2, -0.15) is 0 Å². The fourth-order valence-corrected chi connectivity index (χ4v) is 2.41. The van der Waals surface area contributed by atoms with Crippen molar-refractivity contribution >= 4 is 0 Å². The topological polar surface area (TPSA) is 24.5 Å². The molecule has 0 atom stereocenters. The van der Waals surface area contributed by atoms with Crippen molar-refractivity contribution in [2.45, 2.75) is 31.7 Å². The van der Waals surface area contributed by atoms with Crippen LogP contribution in [0.1, 0.15) is 25.7 Å². The molecule has 2 fully saturated rings. The van der Waals surface area contributed by atoms with E-state index in [2.05, 4.69) is 17.3 Å². The SMILES string of the molecule is COCCN(C)CCNC(C1CC1)C1CC1. The molecule has 0 spiro atoms. The van der Waals surface area contributed by atoms with Crippen molar-refractivity contribution in [3.63, 3.8) is 0 Å². The Morgan fingerprint density at radius 2 is 1.81 bits per heavy atom. The first-order chi connectivity index (χ1) is 7.81. The molecule has 0 bridgehead atoms. The predicted molar refractivity (Wildman–Crippen MR) is 66.6 cm³/mol. The Morgan fingerprint density at radius 3 is 2.31 bits per heavy atom. The van der Waals surface area contributed by atoms with Crippen LogP contribution in [-0.4, -0.2) is 51.3 Å². The van der Waals surface area contributed by atoms with Crippen LogP contribution in [0.2, 0.25) is 0 Å². The van der Waals surface area contributed by atoms with E-state index in [-0.39, 0.29) is 0 Å². The second-order valence-corrected chi connectivity index (χ2v) is 5.45. The lowest BCUT2D eigenvalue weighted by Gasteiger charge is -2.21. The maximum atomic E-state index is 5.07. The van der Waals surface area contributed by atoms with Crippen LogP contribution in [-0.2, 0) is 4.74 Å². The van der Waals surface area contributed by atoms with Gasteiger partial charge in [0.15, 0.2) is 0 Å². The maximum absolute atomic E-state index is 5.07. The van der Waals surface area contributed by atoms with Crippen LogP contribution in [0.3, 0.4) is 0 Å². The Bertz CT molecular complexity index is 190. The van der Waals surface area contributed by atoms with Crippen LogP contribution < -0.4 is 5.32 Å². The molecule has 0 aromatic heterocycles. The van der Waals surface area contributed by atoms with E-state index in [4.69, 9.17) is 4.74 Å². The summed E-state index contributed by atoms with van der Waals surface area (Å²) < 4.78 is 5.07. The monoisotopic (exact) mass is 226 g/mol. The molecule has 2 saturated carbocycles. The molecule has 0 heterocycles. The number of nitrogens with one attached hydrogen (secondary N) is 1. The highest BCUT2D eigenvalue weighted by Crippen LogP contribution is 2.44. The third-order valence-electron chi connectivity index (χ3n) is 3.81. The van der Waals surface area contributed by atoms with E-state index in [1.807, 2.05) is 0 Å². The van der Waals surface area contributed by atoms with Gasteiger partial charge >= 0.3 is 0 Å². The lowest BCUT2D eigenvalue weighted by Crippen LogP contribution is -2.39. The van der Waals surface area contributed by atoms with Crippen molar-refractivity contribution in [2.24, 2.45) is 11.8 Å². The molecule has 16 heavy (non-hydrogen) atoms. The third kappa shape index (κ3) is 4.04. The summed E-state index contributed by atoms with van der Waals surface area (Å²) in [4.78, 5) is 2.34. The fourth-order valence-electron chi connectivity index (χ4n) is 2.41. The molecule has 1 N–H and O–H groups in total. The van der Waals surface area contributed by atoms with Crippen molar-refractivity contribution in [1.82, 2.24) is 10.2 Å². The van der Waals surface area contributed by atoms with Gasteiger partial charge < -0.3 is 15.0 Å². The first kappa shape index (κ1) is 12.3. The summed E-state index contributed by atoms with van der Waals surface area (Å²) in [6, 6.07) is 0.843. The summed E-state index contributed by atoms with van der Waals surface area (Å²) >= 11 is 0. The minimum Gasteiger partial charge on any atom is -0.383 e. The van der Waals surface area contributed by atoms with Gasteiger partial charge in [0, 0.05) is 32.8 Å². The number of ether oxygens (including phenoxy) is 1. The van der Waals surface area contributed by atoms with Gasteiger partial charge in [0.2, 0.25) is 0 Å². The minimum absolute atomic E-state index is 0.838. The van der Waals surface area contributed by atoms with Gasteiger partial charge in [-0.05, 0) is 44.6 Å². The lowest BCUT2D eigenvalue weighted by molar-refractivity contribution is 0.160. The summed E-state index contributed by atoms with van der Waals surface area (Å²) in [7, 11) is 3.94. The molecule has 94 valence electrons. The Labute approximate surface area is 99.5 Å². The third-order valence-corrected chi connectivity index (χ3v) is 3.81. The van der Waals surface area contributed by atoms with Gasteiger partial charge in [-0.25, -0.2) is 0 Å². The number of hydrogen-bond donors (Lipinski definition) is 1. The normalized spacial score (nSPS) is 21.0. The van der Waals surface area contributed by atoms with Crippen LogP contribution in [0, 0.1) is 11.8 Å². The van der Waals surface area contributed by atoms with E-state index in [1.165, 1.54) is 25.7 Å². The summed E-state index contributed by atoms with van der Waals surface area (Å²) in [6.07, 6.45) is 5.86. The molecule has 3 nitrogen and oxygen atoms in total. The number of likely N-dealkylation sites (N-methyl/N-ethyl adjacent to an activating group) is 1. The van der Waals surface area contributed by atoms with Crippen molar-refractivity contribution in [3.8, 4) is 0 Å². The number of hydrogen-bond acceptors (Lipinski definition) is 3. The molecule has 2 aliphatic carbocycles. The van der Waals surface area contributed by atoms with E-state index < -0.39 is 0 Å². The van der Waals surface area contributed by atoms with E-state index in [9.17, 15) is 0 Å². The molecule has 2 aliphatic rings. The zero-order chi connectivity index (χ0) is 11.4. The van der Waals surface area contributed by atoms with Gasteiger partial charge in [0.1, 0.15) is 0 Å². The molecule has 0 unspecified atom stereocenters. The smallest absolute Gasteiger partial charge is 0.0589 e. The van der Waals surface area contributed by atoms with E-state index in [1.54, 1.807) is 7.11 Å². The zero-order valence-electron chi connectivity index (χ0n) is 10.7. The van der Waals surface area contributed by atoms with Crippen molar-refractivity contribution in [2.75, 3.05) is 40.4 Å². The van der Waals surface area contributed by atoms with Crippen molar-refractivity contribution in [3.05, 3.63) is 0 Å². The molecule has 0 aromatic rings. The summed E-state index contributed by atoms with van der Waals surface area (Å²) in [5.41, 5.74) is 0. The van der Waals surface area contributed by atoms with Crippen LogP contribution in [0.5, 0.6) is 0 Å². The van der Waals surface area contributed by atoms with Crippen LogP contribution in [0.25, 0.3) is 0 Å². The van der Waals surface area contributed by atoms with E-state index >= 15 is 0 Å². The standard InChI is InChI=1S/C13H26N2O/c1-15(9-10-16-2)8-7-14-13(11-3-4-11)12-5-6-12/h11-14H,3-10H2,1-2H3. The maximum Gasteiger partial charge on any atom is 0.0589 e. The fraction of sp³-hybridized carbons (Fsp3) is 1.00. The highest BCUT2D eigenvalue weighted by molar-refractivity contribution is 4.96. The first-order valence-corrected chi connectivity index (χ1v) is 6.72. The molecule has 0 radical (unpaired) electrons. The lowest BCUT2D eigenvalue weighted by atomic mass is 10.1. The zero-order valence-corrected chi connectivity index (χ0v) is 10.7. The quantitative estimate of drug-likeness (QED) is 0.642. The van der Waals surface area contributed by atoms with Gasteiger partial charge in [-0.1, -0.05) is 0 Å². The highest BCUT2D eigenvalue weighted by Gasteiger charge is 2.40. The van der Waals surface area contributed by atoms with E-state index in [0.29, 0.717) is 0 Å². The van der Waals surface area contributed by atoms with Gasteiger partial charge in [-0.3, -0.25) is 0 Å². The largest absolute Gasteiger partial charge is 0.383 e. The Kier molecular flexibility index (Phi) is 4.62. The number of nitrogens with zero attached hydrogens (tertiary/aromatic N) is 1. The van der Waals surface area contributed by atoms with Gasteiger partial charge in [-0.15, -0.1) is 0 Å². The average molecular weight is 226 g/mol. The predicted octanol–water partition coefficient (Wildman–Crippen LogP) is 1.34. The molecule has 2 rings (SSSR count).